The number of pyridine rings is 1. The molecule has 1 amide bonds. The number of nitrogens with zero attached hydrogens (tertiary/aromatic N) is 1. The maximum atomic E-state index is 13.4. The third-order valence-corrected chi connectivity index (χ3v) is 2.35. The lowest BCUT2D eigenvalue weighted by molar-refractivity contribution is 0.0996. The number of carbonyl (C=O) groups excluding carboxylic acids is 1. The Kier molecular flexibility index (Phi) is 3.43. The standard InChI is InChI=1S/C12H8ClFN2O2/c13-7-1-4-11(16-6-7)18-8-2-3-9(12(15)17)10(14)5-8/h1-6H,(H2,15,17). The predicted octanol–water partition coefficient (Wildman–Crippen LogP) is 2.77. The Bertz CT molecular complexity index is 587. The van der Waals surface area contributed by atoms with Gasteiger partial charge in [0.15, 0.2) is 0 Å². The van der Waals surface area contributed by atoms with Crippen LogP contribution < -0.4 is 10.5 Å². The Hall–Kier alpha value is -2.14. The van der Waals surface area contributed by atoms with Gasteiger partial charge in [-0.25, -0.2) is 9.37 Å². The van der Waals surface area contributed by atoms with Crippen molar-refractivity contribution in [3.05, 3.63) is 52.9 Å². The van der Waals surface area contributed by atoms with Gasteiger partial charge in [-0.1, -0.05) is 11.6 Å². The summed E-state index contributed by atoms with van der Waals surface area (Å²) < 4.78 is 18.7. The second-order valence-electron chi connectivity index (χ2n) is 3.42. The van der Waals surface area contributed by atoms with Gasteiger partial charge >= 0.3 is 0 Å². The highest BCUT2D eigenvalue weighted by Gasteiger charge is 2.09. The number of nitrogens with two attached hydrogens (primary N) is 1. The van der Waals surface area contributed by atoms with E-state index in [1.54, 1.807) is 12.1 Å². The fraction of sp³-hybridized carbons (Fsp3) is 0. The van der Waals surface area contributed by atoms with Crippen molar-refractivity contribution in [2.75, 3.05) is 0 Å². The molecular formula is C12H8ClFN2O2. The number of ether oxygens (including phenoxy) is 1. The van der Waals surface area contributed by atoms with E-state index in [2.05, 4.69) is 4.98 Å². The van der Waals surface area contributed by atoms with Crippen molar-refractivity contribution in [2.24, 2.45) is 5.73 Å². The molecule has 1 aromatic heterocycles. The molecule has 0 unspecified atom stereocenters. The second kappa shape index (κ2) is 5.01. The summed E-state index contributed by atoms with van der Waals surface area (Å²) >= 11 is 5.67. The van der Waals surface area contributed by atoms with Crippen LogP contribution in [0.15, 0.2) is 36.5 Å². The molecule has 0 bridgehead atoms. The molecule has 0 aliphatic heterocycles. The van der Waals surface area contributed by atoms with E-state index in [9.17, 15) is 9.18 Å². The normalized spacial score (nSPS) is 10.1. The summed E-state index contributed by atoms with van der Waals surface area (Å²) in [5.41, 5.74) is 4.80. The minimum Gasteiger partial charge on any atom is -0.439 e. The lowest BCUT2D eigenvalue weighted by Gasteiger charge is -2.05. The highest BCUT2D eigenvalue weighted by Crippen LogP contribution is 2.22. The van der Waals surface area contributed by atoms with Crippen LogP contribution in [0.4, 0.5) is 4.39 Å². The lowest BCUT2D eigenvalue weighted by atomic mass is 10.2. The quantitative estimate of drug-likeness (QED) is 0.929. The van der Waals surface area contributed by atoms with E-state index >= 15 is 0 Å². The molecule has 2 rings (SSSR count). The zero-order valence-electron chi connectivity index (χ0n) is 9.06. The third kappa shape index (κ3) is 2.75. The molecule has 4 nitrogen and oxygen atoms in total. The van der Waals surface area contributed by atoms with Gasteiger partial charge in [0.1, 0.15) is 11.6 Å². The minimum atomic E-state index is -0.830. The first kappa shape index (κ1) is 12.3. The number of hydrogen-bond donors (Lipinski definition) is 1. The van der Waals surface area contributed by atoms with Crippen LogP contribution in [0, 0.1) is 5.82 Å². The number of benzene rings is 1. The predicted molar refractivity (Wildman–Crippen MR) is 64.2 cm³/mol. The van der Waals surface area contributed by atoms with Crippen molar-refractivity contribution in [3.63, 3.8) is 0 Å². The van der Waals surface area contributed by atoms with Crippen molar-refractivity contribution in [3.8, 4) is 11.6 Å². The number of rotatable bonds is 3. The average molecular weight is 267 g/mol. The Labute approximate surface area is 107 Å². The maximum absolute atomic E-state index is 13.4. The van der Waals surface area contributed by atoms with Gasteiger partial charge in [-0.3, -0.25) is 4.79 Å². The molecule has 0 aliphatic rings. The third-order valence-electron chi connectivity index (χ3n) is 2.13. The molecule has 6 heteroatoms. The van der Waals surface area contributed by atoms with Gasteiger partial charge in [-0.2, -0.15) is 0 Å². The van der Waals surface area contributed by atoms with Crippen LogP contribution in [-0.2, 0) is 0 Å². The number of halogens is 2. The fourth-order valence-corrected chi connectivity index (χ4v) is 1.41. The van der Waals surface area contributed by atoms with Crippen molar-refractivity contribution < 1.29 is 13.9 Å². The van der Waals surface area contributed by atoms with Gasteiger partial charge in [0.05, 0.1) is 10.6 Å². The average Bonchev–Trinajstić information content (AvgIpc) is 2.32. The molecule has 0 spiro atoms. The molecule has 1 aromatic carbocycles. The molecule has 18 heavy (non-hydrogen) atoms. The molecule has 0 aliphatic carbocycles. The van der Waals surface area contributed by atoms with Crippen LogP contribution in [0.25, 0.3) is 0 Å². The van der Waals surface area contributed by atoms with E-state index < -0.39 is 11.7 Å². The molecule has 2 aromatic rings. The van der Waals surface area contributed by atoms with E-state index in [4.69, 9.17) is 22.1 Å². The second-order valence-corrected chi connectivity index (χ2v) is 3.86. The number of carbonyl (C=O) groups is 1. The van der Waals surface area contributed by atoms with Gasteiger partial charge in [0, 0.05) is 18.3 Å². The first-order valence-electron chi connectivity index (χ1n) is 4.95. The summed E-state index contributed by atoms with van der Waals surface area (Å²) in [6.07, 6.45) is 1.41. The summed E-state index contributed by atoms with van der Waals surface area (Å²) in [6.45, 7) is 0. The zero-order chi connectivity index (χ0) is 13.1. The van der Waals surface area contributed by atoms with Gasteiger partial charge < -0.3 is 10.5 Å². The van der Waals surface area contributed by atoms with Crippen LogP contribution >= 0.6 is 11.6 Å². The Balaban J connectivity index is 2.22. The summed E-state index contributed by atoms with van der Waals surface area (Å²) in [6, 6.07) is 6.89. The fourth-order valence-electron chi connectivity index (χ4n) is 1.30. The molecule has 0 atom stereocenters. The van der Waals surface area contributed by atoms with Gasteiger partial charge in [-0.05, 0) is 18.2 Å². The van der Waals surface area contributed by atoms with E-state index in [0.717, 1.165) is 6.07 Å². The smallest absolute Gasteiger partial charge is 0.251 e. The SMILES string of the molecule is NC(=O)c1ccc(Oc2ccc(Cl)cn2)cc1F. The number of primary amides is 1. The van der Waals surface area contributed by atoms with Crippen LogP contribution in [0.2, 0.25) is 5.02 Å². The van der Waals surface area contributed by atoms with E-state index in [-0.39, 0.29) is 17.2 Å². The van der Waals surface area contributed by atoms with Gasteiger partial charge in [0.25, 0.3) is 5.91 Å². The summed E-state index contributed by atoms with van der Waals surface area (Å²) in [5, 5.41) is 0.470. The molecular weight excluding hydrogens is 259 g/mol. The van der Waals surface area contributed by atoms with Crippen molar-refractivity contribution in [1.29, 1.82) is 0 Å². The van der Waals surface area contributed by atoms with Gasteiger partial charge in [-0.15, -0.1) is 0 Å². The Morgan fingerprint density at radius 3 is 2.67 bits per heavy atom. The molecule has 2 N–H and O–H groups in total. The minimum absolute atomic E-state index is 0.189. The molecule has 0 saturated carbocycles. The van der Waals surface area contributed by atoms with Crippen LogP contribution in [0.1, 0.15) is 10.4 Å². The molecule has 92 valence electrons. The number of aromatic nitrogens is 1. The van der Waals surface area contributed by atoms with Crippen molar-refractivity contribution >= 4 is 17.5 Å². The summed E-state index contributed by atoms with van der Waals surface area (Å²) in [7, 11) is 0. The lowest BCUT2D eigenvalue weighted by Crippen LogP contribution is -2.12. The summed E-state index contributed by atoms with van der Waals surface area (Å²) in [4.78, 5) is 14.7. The number of hydrogen-bond acceptors (Lipinski definition) is 3. The largest absolute Gasteiger partial charge is 0.439 e. The molecule has 0 fully saturated rings. The zero-order valence-corrected chi connectivity index (χ0v) is 9.82. The first-order valence-corrected chi connectivity index (χ1v) is 5.33. The first-order chi connectivity index (χ1) is 8.56. The van der Waals surface area contributed by atoms with E-state index in [1.807, 2.05) is 0 Å². The molecule has 1 heterocycles. The van der Waals surface area contributed by atoms with E-state index in [1.165, 1.54) is 18.3 Å². The van der Waals surface area contributed by atoms with Gasteiger partial charge in [0.2, 0.25) is 5.88 Å². The molecule has 0 radical (unpaired) electrons. The Morgan fingerprint density at radius 1 is 1.33 bits per heavy atom. The monoisotopic (exact) mass is 266 g/mol. The highest BCUT2D eigenvalue weighted by molar-refractivity contribution is 6.30. The van der Waals surface area contributed by atoms with Crippen LogP contribution in [0.5, 0.6) is 11.6 Å². The van der Waals surface area contributed by atoms with Crippen molar-refractivity contribution in [1.82, 2.24) is 4.98 Å². The van der Waals surface area contributed by atoms with Crippen molar-refractivity contribution in [2.45, 2.75) is 0 Å². The Morgan fingerprint density at radius 2 is 2.11 bits per heavy atom. The maximum Gasteiger partial charge on any atom is 0.251 e. The van der Waals surface area contributed by atoms with Crippen LogP contribution in [0.3, 0.4) is 0 Å². The molecule has 0 saturated heterocycles. The topological polar surface area (TPSA) is 65.2 Å². The number of amides is 1. The summed E-state index contributed by atoms with van der Waals surface area (Å²) in [5.74, 6) is -1.09. The highest BCUT2D eigenvalue weighted by atomic mass is 35.5. The van der Waals surface area contributed by atoms with E-state index in [0.29, 0.717) is 5.02 Å². The van der Waals surface area contributed by atoms with Crippen LogP contribution in [-0.4, -0.2) is 10.9 Å².